The lowest BCUT2D eigenvalue weighted by molar-refractivity contribution is -0.672. The fraction of sp³-hybridized carbons (Fsp3) is 0.286. The third-order valence-electron chi connectivity index (χ3n) is 1.18. The molecular formula is C7H10NO+. The van der Waals surface area contributed by atoms with Crippen LogP contribution in [0.2, 0.25) is 0 Å². The molecule has 0 spiro atoms. The molecular weight excluding hydrogens is 114 g/mol. The number of rotatable bonds is 1. The van der Waals surface area contributed by atoms with E-state index in [1.54, 1.807) is 0 Å². The molecule has 9 heavy (non-hydrogen) atoms. The zero-order valence-electron chi connectivity index (χ0n) is 5.41. The van der Waals surface area contributed by atoms with Crippen LogP contribution in [0.5, 0.6) is 0 Å². The molecule has 0 amide bonds. The molecule has 1 rings (SSSR count). The molecule has 2 nitrogen and oxygen atoms in total. The van der Waals surface area contributed by atoms with Crippen LogP contribution in [0.25, 0.3) is 0 Å². The van der Waals surface area contributed by atoms with Crippen molar-refractivity contribution in [1.29, 1.82) is 0 Å². The van der Waals surface area contributed by atoms with Gasteiger partial charge < -0.3 is 5.11 Å². The van der Waals surface area contributed by atoms with Gasteiger partial charge in [0.15, 0.2) is 12.4 Å². The first-order valence-corrected chi connectivity index (χ1v) is 2.88. The molecule has 0 aromatic carbocycles. The van der Waals surface area contributed by atoms with Crippen molar-refractivity contribution in [2.24, 2.45) is 7.05 Å². The van der Waals surface area contributed by atoms with Crippen LogP contribution in [0.3, 0.4) is 0 Å². The Kier molecular flexibility index (Phi) is 1.80. The molecule has 0 aliphatic rings. The minimum atomic E-state index is 0.120. The van der Waals surface area contributed by atoms with Crippen LogP contribution >= 0.6 is 0 Å². The second-order valence-corrected chi connectivity index (χ2v) is 2.04. The summed E-state index contributed by atoms with van der Waals surface area (Å²) in [5.41, 5.74) is 0.944. The maximum atomic E-state index is 8.65. The number of aliphatic hydroxyl groups is 1. The number of hydrogen-bond donors (Lipinski definition) is 1. The summed E-state index contributed by atoms with van der Waals surface area (Å²) in [7, 11) is 1.93. The molecule has 0 saturated heterocycles. The zero-order valence-corrected chi connectivity index (χ0v) is 5.41. The van der Waals surface area contributed by atoms with Crippen LogP contribution in [-0.2, 0) is 13.7 Å². The first kappa shape index (κ1) is 6.23. The van der Waals surface area contributed by atoms with Gasteiger partial charge in [-0.3, -0.25) is 0 Å². The quantitative estimate of drug-likeness (QED) is 0.524. The highest BCUT2D eigenvalue weighted by atomic mass is 16.3. The summed E-state index contributed by atoms with van der Waals surface area (Å²) in [6.45, 7) is 0.120. The Hall–Kier alpha value is -0.890. The van der Waals surface area contributed by atoms with E-state index in [-0.39, 0.29) is 6.61 Å². The molecule has 0 fully saturated rings. The summed E-state index contributed by atoms with van der Waals surface area (Å²) >= 11 is 0. The van der Waals surface area contributed by atoms with E-state index >= 15 is 0 Å². The summed E-state index contributed by atoms with van der Waals surface area (Å²) in [6, 6.07) is 3.80. The van der Waals surface area contributed by atoms with E-state index in [9.17, 15) is 0 Å². The topological polar surface area (TPSA) is 24.1 Å². The third-order valence-corrected chi connectivity index (χ3v) is 1.18. The Morgan fingerprint density at radius 3 is 2.89 bits per heavy atom. The highest BCUT2D eigenvalue weighted by Gasteiger charge is 1.92. The van der Waals surface area contributed by atoms with Crippen LogP contribution < -0.4 is 4.57 Å². The van der Waals surface area contributed by atoms with Crippen LogP contribution in [-0.4, -0.2) is 5.11 Å². The van der Waals surface area contributed by atoms with E-state index in [1.807, 2.05) is 36.1 Å². The first-order valence-electron chi connectivity index (χ1n) is 2.88. The Balaban J connectivity index is 2.94. The van der Waals surface area contributed by atoms with Gasteiger partial charge in [0.05, 0.1) is 6.61 Å². The summed E-state index contributed by atoms with van der Waals surface area (Å²) in [5.74, 6) is 0. The molecule has 2 heteroatoms. The van der Waals surface area contributed by atoms with Crippen molar-refractivity contribution in [3.63, 3.8) is 0 Å². The average molecular weight is 124 g/mol. The third kappa shape index (κ3) is 1.50. The van der Waals surface area contributed by atoms with Gasteiger partial charge in [-0.05, 0) is 6.07 Å². The molecule has 1 heterocycles. The van der Waals surface area contributed by atoms with Gasteiger partial charge in [-0.25, -0.2) is 4.57 Å². The summed E-state index contributed by atoms with van der Waals surface area (Å²) in [4.78, 5) is 0. The Bertz CT molecular complexity index is 198. The first-order chi connectivity index (χ1) is 4.33. The van der Waals surface area contributed by atoms with E-state index in [2.05, 4.69) is 0 Å². The molecule has 0 aliphatic heterocycles. The molecule has 1 aromatic heterocycles. The SMILES string of the molecule is C[n+]1cccc(CO)c1. The van der Waals surface area contributed by atoms with Gasteiger partial charge in [0.25, 0.3) is 0 Å². The Morgan fingerprint density at radius 2 is 2.44 bits per heavy atom. The maximum Gasteiger partial charge on any atom is 0.174 e. The molecule has 0 saturated carbocycles. The molecule has 1 N–H and O–H groups in total. The van der Waals surface area contributed by atoms with Crippen molar-refractivity contribution in [2.75, 3.05) is 0 Å². The molecule has 0 atom stereocenters. The van der Waals surface area contributed by atoms with E-state index in [0.29, 0.717) is 0 Å². The molecule has 0 aliphatic carbocycles. The maximum absolute atomic E-state index is 8.65. The van der Waals surface area contributed by atoms with Gasteiger partial charge in [-0.1, -0.05) is 0 Å². The van der Waals surface area contributed by atoms with E-state index in [1.165, 1.54) is 0 Å². The number of aryl methyl sites for hydroxylation is 1. The van der Waals surface area contributed by atoms with Crippen LogP contribution in [0.15, 0.2) is 24.5 Å². The highest BCUT2D eigenvalue weighted by Crippen LogP contribution is 1.90. The predicted octanol–water partition coefficient (Wildman–Crippen LogP) is 0.00340. The molecule has 0 unspecified atom stereocenters. The van der Waals surface area contributed by atoms with Crippen LogP contribution in [0, 0.1) is 0 Å². The lowest BCUT2D eigenvalue weighted by Gasteiger charge is -1.89. The molecule has 0 bridgehead atoms. The monoisotopic (exact) mass is 124 g/mol. The van der Waals surface area contributed by atoms with Gasteiger partial charge >= 0.3 is 0 Å². The zero-order chi connectivity index (χ0) is 6.69. The lowest BCUT2D eigenvalue weighted by Crippen LogP contribution is -2.26. The summed E-state index contributed by atoms with van der Waals surface area (Å²) in [5, 5.41) is 8.65. The summed E-state index contributed by atoms with van der Waals surface area (Å²) in [6.07, 6.45) is 3.82. The highest BCUT2D eigenvalue weighted by molar-refractivity contribution is 5.02. The predicted molar refractivity (Wildman–Crippen MR) is 33.5 cm³/mol. The van der Waals surface area contributed by atoms with Crippen molar-refractivity contribution in [3.05, 3.63) is 30.1 Å². The van der Waals surface area contributed by atoms with Gasteiger partial charge in [-0.15, -0.1) is 0 Å². The summed E-state index contributed by atoms with van der Waals surface area (Å²) < 4.78 is 1.91. The van der Waals surface area contributed by atoms with Gasteiger partial charge in [0.2, 0.25) is 0 Å². The van der Waals surface area contributed by atoms with Crippen LogP contribution in [0.4, 0.5) is 0 Å². The Labute approximate surface area is 54.4 Å². The number of aromatic nitrogens is 1. The minimum Gasteiger partial charge on any atom is -0.391 e. The number of hydrogen-bond acceptors (Lipinski definition) is 1. The lowest BCUT2D eigenvalue weighted by atomic mass is 10.3. The number of pyridine rings is 1. The number of nitrogens with zero attached hydrogens (tertiary/aromatic N) is 1. The van der Waals surface area contributed by atoms with Gasteiger partial charge in [0.1, 0.15) is 7.05 Å². The molecule has 0 radical (unpaired) electrons. The normalized spacial score (nSPS) is 9.56. The standard InChI is InChI=1S/C7H10NO/c1-8-4-2-3-7(5-8)6-9/h2-5,9H,6H2,1H3/q+1. The molecule has 48 valence electrons. The second kappa shape index (κ2) is 2.60. The largest absolute Gasteiger partial charge is 0.391 e. The average Bonchev–Trinajstić information content (AvgIpc) is 1.88. The minimum absolute atomic E-state index is 0.120. The van der Waals surface area contributed by atoms with E-state index < -0.39 is 0 Å². The van der Waals surface area contributed by atoms with Gasteiger partial charge in [-0.2, -0.15) is 0 Å². The number of aliphatic hydroxyl groups excluding tert-OH is 1. The Morgan fingerprint density at radius 1 is 1.67 bits per heavy atom. The van der Waals surface area contributed by atoms with Crippen molar-refractivity contribution in [1.82, 2.24) is 0 Å². The van der Waals surface area contributed by atoms with Gasteiger partial charge in [0, 0.05) is 11.6 Å². The van der Waals surface area contributed by atoms with Crippen molar-refractivity contribution in [2.45, 2.75) is 6.61 Å². The fourth-order valence-electron chi connectivity index (χ4n) is 0.744. The van der Waals surface area contributed by atoms with E-state index in [0.717, 1.165) is 5.56 Å². The van der Waals surface area contributed by atoms with Crippen LogP contribution in [0.1, 0.15) is 5.56 Å². The van der Waals surface area contributed by atoms with Crippen molar-refractivity contribution in [3.8, 4) is 0 Å². The second-order valence-electron chi connectivity index (χ2n) is 2.04. The van der Waals surface area contributed by atoms with Crippen molar-refractivity contribution < 1.29 is 9.67 Å². The fourth-order valence-corrected chi connectivity index (χ4v) is 0.744. The van der Waals surface area contributed by atoms with E-state index in [4.69, 9.17) is 5.11 Å². The van der Waals surface area contributed by atoms with Crippen molar-refractivity contribution >= 4 is 0 Å². The smallest absolute Gasteiger partial charge is 0.174 e. The molecule has 1 aromatic rings.